The van der Waals surface area contributed by atoms with Crippen LogP contribution < -0.4 is 0 Å². The van der Waals surface area contributed by atoms with Crippen LogP contribution in [0.1, 0.15) is 29.9 Å². The largest absolute Gasteiger partial charge is 0.478 e. The minimum atomic E-state index is -0.888. The van der Waals surface area contributed by atoms with Gasteiger partial charge in [-0.3, -0.25) is 0 Å². The Morgan fingerprint density at radius 1 is 0.950 bits per heavy atom. The van der Waals surface area contributed by atoms with Crippen molar-refractivity contribution in [1.82, 2.24) is 0 Å². The summed E-state index contributed by atoms with van der Waals surface area (Å²) in [5, 5.41) is 8.63. The number of benzene rings is 2. The maximum Gasteiger partial charge on any atom is 0.327 e. The second-order valence-electron chi connectivity index (χ2n) is 4.69. The summed E-state index contributed by atoms with van der Waals surface area (Å²) in [6.07, 6.45) is 4.59. The Morgan fingerprint density at radius 3 is 1.90 bits per heavy atom. The van der Waals surface area contributed by atoms with Gasteiger partial charge >= 0.3 is 5.97 Å². The molecule has 0 saturated carbocycles. The summed E-state index contributed by atoms with van der Waals surface area (Å²) in [5.74, 6) is -0.586. The van der Waals surface area contributed by atoms with E-state index in [9.17, 15) is 4.79 Å². The molecule has 0 atom stereocenters. The van der Waals surface area contributed by atoms with Gasteiger partial charge in [0, 0.05) is 12.0 Å². The van der Waals surface area contributed by atoms with E-state index < -0.39 is 5.97 Å². The zero-order chi connectivity index (χ0) is 14.2. The van der Waals surface area contributed by atoms with Crippen LogP contribution in [0.15, 0.2) is 72.8 Å². The number of carbonyl (C=O) groups is 1. The first-order valence-corrected chi connectivity index (χ1v) is 6.76. The van der Waals surface area contributed by atoms with Crippen molar-refractivity contribution in [2.24, 2.45) is 0 Å². The number of carboxylic acid groups (broad SMARTS) is 1. The number of hydrogen-bond acceptors (Lipinski definition) is 1. The minimum absolute atomic E-state index is 0.302. The smallest absolute Gasteiger partial charge is 0.327 e. The molecule has 0 aliphatic rings. The van der Waals surface area contributed by atoms with Gasteiger partial charge in [0.05, 0.1) is 0 Å². The van der Waals surface area contributed by atoms with Crippen molar-refractivity contribution in [3.05, 3.63) is 83.9 Å². The highest BCUT2D eigenvalue weighted by molar-refractivity contribution is 5.79. The molecule has 0 radical (unpaired) electrons. The number of aliphatic carboxylic acids is 1. The molecular weight excluding hydrogens is 248 g/mol. The summed E-state index contributed by atoms with van der Waals surface area (Å²) in [5.41, 5.74) is 2.53. The number of carboxylic acids is 1. The molecule has 2 aromatic rings. The third-order valence-electron chi connectivity index (χ3n) is 3.29. The third-order valence-corrected chi connectivity index (χ3v) is 3.29. The molecule has 0 heterocycles. The molecule has 0 fully saturated rings. The van der Waals surface area contributed by atoms with E-state index in [4.69, 9.17) is 5.11 Å². The van der Waals surface area contributed by atoms with Crippen LogP contribution in [0, 0.1) is 0 Å². The Labute approximate surface area is 119 Å². The summed E-state index contributed by atoms with van der Waals surface area (Å²) in [6.45, 7) is 0. The Balaban J connectivity index is 2.15. The summed E-state index contributed by atoms with van der Waals surface area (Å²) >= 11 is 0. The highest BCUT2D eigenvalue weighted by Gasteiger charge is 2.12. The third kappa shape index (κ3) is 4.09. The molecule has 1 N–H and O–H groups in total. The quantitative estimate of drug-likeness (QED) is 0.794. The molecule has 2 aromatic carbocycles. The molecule has 20 heavy (non-hydrogen) atoms. The van der Waals surface area contributed by atoms with Gasteiger partial charge in [0.25, 0.3) is 0 Å². The van der Waals surface area contributed by atoms with E-state index in [1.807, 2.05) is 36.4 Å². The van der Waals surface area contributed by atoms with Crippen molar-refractivity contribution in [2.45, 2.75) is 18.8 Å². The van der Waals surface area contributed by atoms with Gasteiger partial charge in [-0.2, -0.15) is 0 Å². The summed E-state index contributed by atoms with van der Waals surface area (Å²) in [4.78, 5) is 10.5. The fraction of sp³-hybridized carbons (Fsp3) is 0.167. The first-order chi connectivity index (χ1) is 9.77. The maximum atomic E-state index is 10.5. The van der Waals surface area contributed by atoms with Gasteiger partial charge in [-0.15, -0.1) is 0 Å². The lowest BCUT2D eigenvalue weighted by Gasteiger charge is -2.17. The van der Waals surface area contributed by atoms with Crippen LogP contribution in [0.25, 0.3) is 0 Å². The van der Waals surface area contributed by atoms with Crippen molar-refractivity contribution in [3.63, 3.8) is 0 Å². The Kier molecular flexibility index (Phi) is 5.13. The first-order valence-electron chi connectivity index (χ1n) is 6.76. The molecule has 0 bridgehead atoms. The molecule has 2 heteroatoms. The van der Waals surface area contributed by atoms with E-state index in [0.29, 0.717) is 5.92 Å². The summed E-state index contributed by atoms with van der Waals surface area (Å²) in [7, 11) is 0. The lowest BCUT2D eigenvalue weighted by Crippen LogP contribution is -2.00. The van der Waals surface area contributed by atoms with Crippen molar-refractivity contribution >= 4 is 5.97 Å². The fourth-order valence-corrected chi connectivity index (χ4v) is 2.34. The predicted octanol–water partition coefficient (Wildman–Crippen LogP) is 4.24. The van der Waals surface area contributed by atoms with Gasteiger partial charge in [-0.05, 0) is 24.0 Å². The van der Waals surface area contributed by atoms with Crippen molar-refractivity contribution in [1.29, 1.82) is 0 Å². The topological polar surface area (TPSA) is 37.3 Å². The summed E-state index contributed by atoms with van der Waals surface area (Å²) in [6, 6.07) is 20.7. The number of rotatable bonds is 6. The zero-order valence-corrected chi connectivity index (χ0v) is 11.3. The van der Waals surface area contributed by atoms with E-state index in [0.717, 1.165) is 12.8 Å². The molecular formula is C18H18O2. The molecule has 0 aliphatic carbocycles. The average Bonchev–Trinajstić information content (AvgIpc) is 2.49. The number of allylic oxidation sites excluding steroid dienone is 1. The van der Waals surface area contributed by atoms with E-state index >= 15 is 0 Å². The maximum absolute atomic E-state index is 10.5. The SMILES string of the molecule is O=C(O)C=CCCC(c1ccccc1)c1ccccc1. The molecule has 0 unspecified atom stereocenters. The first kappa shape index (κ1) is 14.1. The predicted molar refractivity (Wildman–Crippen MR) is 80.7 cm³/mol. The average molecular weight is 266 g/mol. The van der Waals surface area contributed by atoms with Crippen LogP contribution in [0.5, 0.6) is 0 Å². The van der Waals surface area contributed by atoms with E-state index in [2.05, 4.69) is 24.3 Å². The Hall–Kier alpha value is -2.35. The molecule has 102 valence electrons. The van der Waals surface area contributed by atoms with Crippen LogP contribution in [0.3, 0.4) is 0 Å². The highest BCUT2D eigenvalue weighted by atomic mass is 16.4. The molecule has 2 nitrogen and oxygen atoms in total. The van der Waals surface area contributed by atoms with E-state index in [1.54, 1.807) is 6.08 Å². The van der Waals surface area contributed by atoms with Crippen molar-refractivity contribution < 1.29 is 9.90 Å². The molecule has 0 spiro atoms. The normalized spacial score (nSPS) is 11.1. The second-order valence-corrected chi connectivity index (χ2v) is 4.69. The van der Waals surface area contributed by atoms with E-state index in [1.165, 1.54) is 17.2 Å². The van der Waals surface area contributed by atoms with Crippen molar-refractivity contribution in [3.8, 4) is 0 Å². The molecule has 2 rings (SSSR count). The van der Waals surface area contributed by atoms with Gasteiger partial charge in [0.15, 0.2) is 0 Å². The van der Waals surface area contributed by atoms with Gasteiger partial charge in [-0.1, -0.05) is 66.7 Å². The van der Waals surface area contributed by atoms with E-state index in [-0.39, 0.29) is 0 Å². The highest BCUT2D eigenvalue weighted by Crippen LogP contribution is 2.29. The minimum Gasteiger partial charge on any atom is -0.478 e. The molecule has 0 aliphatic heterocycles. The van der Waals surface area contributed by atoms with Crippen LogP contribution in [0.2, 0.25) is 0 Å². The summed E-state index contributed by atoms with van der Waals surface area (Å²) < 4.78 is 0. The Morgan fingerprint density at radius 2 is 1.45 bits per heavy atom. The van der Waals surface area contributed by atoms with Gasteiger partial charge < -0.3 is 5.11 Å². The van der Waals surface area contributed by atoms with Crippen LogP contribution in [0.4, 0.5) is 0 Å². The van der Waals surface area contributed by atoms with Crippen molar-refractivity contribution in [2.75, 3.05) is 0 Å². The fourth-order valence-electron chi connectivity index (χ4n) is 2.34. The Bertz CT molecular complexity index is 519. The van der Waals surface area contributed by atoms with Crippen LogP contribution >= 0.6 is 0 Å². The zero-order valence-electron chi connectivity index (χ0n) is 11.3. The second kappa shape index (κ2) is 7.29. The molecule has 0 aromatic heterocycles. The molecule has 0 saturated heterocycles. The number of hydrogen-bond donors (Lipinski definition) is 1. The van der Waals surface area contributed by atoms with Gasteiger partial charge in [-0.25, -0.2) is 4.79 Å². The lowest BCUT2D eigenvalue weighted by molar-refractivity contribution is -0.131. The monoisotopic (exact) mass is 266 g/mol. The van der Waals surface area contributed by atoms with Gasteiger partial charge in [0.2, 0.25) is 0 Å². The van der Waals surface area contributed by atoms with Crippen LogP contribution in [-0.2, 0) is 4.79 Å². The molecule has 0 amide bonds. The standard InChI is InChI=1S/C18H18O2/c19-18(20)14-8-7-13-17(15-9-3-1-4-10-15)16-11-5-2-6-12-16/h1-6,8-12,14,17H,7,13H2,(H,19,20). The van der Waals surface area contributed by atoms with Gasteiger partial charge in [0.1, 0.15) is 0 Å². The lowest BCUT2D eigenvalue weighted by atomic mass is 9.87. The van der Waals surface area contributed by atoms with Crippen LogP contribution in [-0.4, -0.2) is 11.1 Å².